The third-order valence-electron chi connectivity index (χ3n) is 15.9. The molecule has 9 nitrogen and oxygen atoms in total. The summed E-state index contributed by atoms with van der Waals surface area (Å²) < 4.78 is 3.19. The van der Waals surface area contributed by atoms with Crippen LogP contribution in [-0.4, -0.2) is 23.9 Å². The molecule has 0 atom stereocenters. The van der Waals surface area contributed by atoms with E-state index in [2.05, 4.69) is 55.3 Å². The van der Waals surface area contributed by atoms with Crippen LogP contribution in [0.3, 0.4) is 0 Å². The van der Waals surface area contributed by atoms with Gasteiger partial charge in [-0.15, -0.1) is 0 Å². The van der Waals surface area contributed by atoms with E-state index < -0.39 is 23.9 Å². The SMILES string of the molecule is CCCCCCCCCCCCCCCCCC(=O)[O-].CCCCCCCCCCCCCCCCCC(=O)[O-].CCCCCCCCCCCCCCCCCC(=O)[O-].CCCCCCCCCCCCCCCCCC(=O)[O-].ClOCl.[Mo+4]. The zero-order valence-corrected chi connectivity index (χ0v) is 59.6. The molecule has 0 fully saturated rings. The number of rotatable bonds is 64. The van der Waals surface area contributed by atoms with Crippen molar-refractivity contribution in [1.82, 2.24) is 0 Å². The summed E-state index contributed by atoms with van der Waals surface area (Å²) in [6.07, 6.45) is 79.4. The molecule has 0 amide bonds. The zero-order chi connectivity index (χ0) is 62.3. The van der Waals surface area contributed by atoms with E-state index in [1.54, 1.807) is 0 Å². The van der Waals surface area contributed by atoms with Crippen molar-refractivity contribution in [3.8, 4) is 0 Å². The van der Waals surface area contributed by atoms with Gasteiger partial charge in [-0.2, -0.15) is 3.84 Å². The van der Waals surface area contributed by atoms with Crippen molar-refractivity contribution >= 4 is 47.6 Å². The van der Waals surface area contributed by atoms with Crippen LogP contribution in [0.5, 0.6) is 0 Å². The molecule has 0 rings (SSSR count). The van der Waals surface area contributed by atoms with Crippen LogP contribution in [0.4, 0.5) is 0 Å². The fourth-order valence-corrected chi connectivity index (χ4v) is 10.6. The molecule has 0 aromatic heterocycles. The summed E-state index contributed by atoms with van der Waals surface area (Å²) in [4.78, 5) is 40.9. The fraction of sp³-hybridized carbons (Fsp3) is 0.944. The van der Waals surface area contributed by atoms with Crippen LogP contribution >= 0.6 is 23.7 Å². The Hall–Kier alpha value is -0.892. The molecule has 84 heavy (non-hydrogen) atoms. The fourth-order valence-electron chi connectivity index (χ4n) is 10.6. The van der Waals surface area contributed by atoms with Crippen molar-refractivity contribution < 1.29 is 64.5 Å². The molecule has 0 heterocycles. The molecule has 0 aromatic carbocycles. The Balaban J connectivity index is -0.000000236. The zero-order valence-electron chi connectivity index (χ0n) is 56.1. The van der Waals surface area contributed by atoms with Crippen molar-refractivity contribution in [2.45, 2.75) is 439 Å². The molecule has 0 spiro atoms. The Morgan fingerprint density at radius 2 is 0.274 bits per heavy atom. The summed E-state index contributed by atoms with van der Waals surface area (Å²) in [6, 6.07) is 0. The van der Waals surface area contributed by atoms with Crippen molar-refractivity contribution in [2.24, 2.45) is 0 Å². The van der Waals surface area contributed by atoms with Crippen LogP contribution in [0.2, 0.25) is 0 Å². The van der Waals surface area contributed by atoms with Gasteiger partial charge in [0.15, 0.2) is 0 Å². The molecule has 0 radical (unpaired) electrons. The standard InChI is InChI=1S/4C18H36O2.Cl2O.Mo/c4*1-2-3-4-5-6-7-8-9-10-11-12-13-14-15-16-17-18(19)20;1-3-2;/h4*2-17H2,1H3,(H,19,20);;/q;;;;;+4/p-4. The second-order valence-corrected chi connectivity index (χ2v) is 24.8. The molecule has 0 unspecified atom stereocenters. The summed E-state index contributed by atoms with van der Waals surface area (Å²) in [5.41, 5.74) is 0. The summed E-state index contributed by atoms with van der Waals surface area (Å²) in [7, 11) is 0. The van der Waals surface area contributed by atoms with Crippen molar-refractivity contribution in [1.29, 1.82) is 0 Å². The minimum absolute atomic E-state index is 0. The van der Waals surface area contributed by atoms with Gasteiger partial charge in [-0.05, 0) is 51.4 Å². The Labute approximate surface area is 547 Å². The topological polar surface area (TPSA) is 170 Å². The molecule has 0 bridgehead atoms. The molecule has 0 aliphatic heterocycles. The molecule has 0 aliphatic carbocycles. The van der Waals surface area contributed by atoms with Crippen LogP contribution in [0.1, 0.15) is 439 Å². The Kier molecular flexibility index (Phi) is 105. The minimum Gasteiger partial charge on any atom is -0.550 e. The van der Waals surface area contributed by atoms with Gasteiger partial charge in [-0.3, -0.25) is 0 Å². The third-order valence-corrected chi connectivity index (χ3v) is 15.9. The molecule has 0 saturated heterocycles. The number of halogens is 2. The first-order chi connectivity index (χ1) is 40.5. The molecule has 0 N–H and O–H groups in total. The van der Waals surface area contributed by atoms with Crippen molar-refractivity contribution in [2.75, 3.05) is 0 Å². The Bertz CT molecular complexity index is 1020. The molecular formula is C72H140Cl2MoO9. The van der Waals surface area contributed by atoms with Crippen molar-refractivity contribution in [3.05, 3.63) is 0 Å². The van der Waals surface area contributed by atoms with Gasteiger partial charge in [-0.1, -0.05) is 387 Å². The van der Waals surface area contributed by atoms with Gasteiger partial charge in [0.1, 0.15) is 0 Å². The largest absolute Gasteiger partial charge is 4.00 e. The van der Waals surface area contributed by atoms with Gasteiger partial charge in [-0.25, -0.2) is 0 Å². The van der Waals surface area contributed by atoms with E-state index >= 15 is 0 Å². The average molecular weight is 1320 g/mol. The molecule has 0 saturated carbocycles. The summed E-state index contributed by atoms with van der Waals surface area (Å²) in [5, 5.41) is 40.9. The summed E-state index contributed by atoms with van der Waals surface area (Å²) in [6.45, 7) is 9.07. The maximum absolute atomic E-state index is 10.2. The number of aliphatic carboxylic acids is 4. The number of hydrogen-bond acceptors (Lipinski definition) is 9. The number of carbonyl (C=O) groups is 4. The van der Waals surface area contributed by atoms with Gasteiger partial charge in [0.25, 0.3) is 0 Å². The van der Waals surface area contributed by atoms with E-state index in [1.165, 1.54) is 334 Å². The van der Waals surface area contributed by atoms with Crippen LogP contribution in [0.25, 0.3) is 0 Å². The molecule has 12 heteroatoms. The van der Waals surface area contributed by atoms with Gasteiger partial charge >= 0.3 is 21.1 Å². The Morgan fingerprint density at radius 3 is 0.345 bits per heavy atom. The van der Waals surface area contributed by atoms with E-state index in [0.29, 0.717) is 0 Å². The first kappa shape index (κ1) is 94.2. The monoisotopic (exact) mass is 1320 g/mol. The van der Waals surface area contributed by atoms with E-state index in [4.69, 9.17) is 0 Å². The van der Waals surface area contributed by atoms with Gasteiger partial charge in [0.2, 0.25) is 0 Å². The molecule has 0 aliphatic rings. The summed E-state index contributed by atoms with van der Waals surface area (Å²) in [5.74, 6) is -3.61. The van der Waals surface area contributed by atoms with Gasteiger partial charge in [0.05, 0.1) is 23.7 Å². The first-order valence-corrected chi connectivity index (χ1v) is 36.8. The Morgan fingerprint density at radius 1 is 0.202 bits per heavy atom. The summed E-state index contributed by atoms with van der Waals surface area (Å²) >= 11 is 8.53. The molecule has 502 valence electrons. The first-order valence-electron chi connectivity index (χ1n) is 36.2. The number of carboxylic acid groups (broad SMARTS) is 4. The van der Waals surface area contributed by atoms with Gasteiger partial charge < -0.3 is 39.6 Å². The number of unbranched alkanes of at least 4 members (excludes halogenated alkanes) is 56. The second kappa shape index (κ2) is 93.3. The van der Waals surface area contributed by atoms with E-state index in [0.717, 1.165) is 51.4 Å². The van der Waals surface area contributed by atoms with Crippen molar-refractivity contribution in [3.63, 3.8) is 0 Å². The van der Waals surface area contributed by atoms with E-state index in [-0.39, 0.29) is 46.7 Å². The maximum Gasteiger partial charge on any atom is 4.00 e. The second-order valence-electron chi connectivity index (χ2n) is 24.3. The molecular weight excluding hydrogens is 1180 g/mol. The molecule has 0 aromatic rings. The van der Waals surface area contributed by atoms with E-state index in [1.807, 2.05) is 0 Å². The van der Waals surface area contributed by atoms with Crippen LogP contribution in [0.15, 0.2) is 0 Å². The predicted octanol–water partition coefficient (Wildman–Crippen LogP) is 21.3. The van der Waals surface area contributed by atoms with Crippen LogP contribution in [-0.2, 0) is 44.1 Å². The minimum atomic E-state index is -0.903. The normalized spacial score (nSPS) is 10.5. The third kappa shape index (κ3) is 116. The van der Waals surface area contributed by atoms with Crippen LogP contribution in [0, 0.1) is 0 Å². The smallest absolute Gasteiger partial charge is 0.550 e. The number of hydrogen-bond donors (Lipinski definition) is 0. The predicted molar refractivity (Wildman–Crippen MR) is 351 cm³/mol. The quantitative estimate of drug-likeness (QED) is 0.0425. The van der Waals surface area contributed by atoms with Gasteiger partial charge in [0, 0.05) is 23.9 Å². The maximum atomic E-state index is 10.2. The van der Waals surface area contributed by atoms with Crippen LogP contribution < -0.4 is 20.4 Å². The average Bonchev–Trinajstić information content (AvgIpc) is 3.45. The number of carboxylic acids is 4. The number of carbonyl (C=O) groups excluding carboxylic acids is 4. The van der Waals surface area contributed by atoms with E-state index in [9.17, 15) is 39.6 Å².